The quantitative estimate of drug-likeness (QED) is 0.707. The van der Waals surface area contributed by atoms with Gasteiger partial charge in [-0.15, -0.1) is 0 Å². The first kappa shape index (κ1) is 14.4. The van der Waals surface area contributed by atoms with Gasteiger partial charge < -0.3 is 4.74 Å². The third kappa shape index (κ3) is 4.85. The minimum absolute atomic E-state index is 0.497. The lowest BCUT2D eigenvalue weighted by atomic mass is 9.90. The monoisotopic (exact) mass is 264 g/mol. The Morgan fingerprint density at radius 1 is 1.26 bits per heavy atom. The van der Waals surface area contributed by atoms with Crippen LogP contribution in [0.3, 0.4) is 0 Å². The third-order valence-corrected chi connectivity index (χ3v) is 4.01. The van der Waals surface area contributed by atoms with Crippen molar-refractivity contribution in [1.29, 1.82) is 0 Å². The van der Waals surface area contributed by atoms with E-state index in [9.17, 15) is 4.39 Å². The normalized spacial score (nSPS) is 18.2. The van der Waals surface area contributed by atoms with Crippen LogP contribution in [0.2, 0.25) is 0 Å². The van der Waals surface area contributed by atoms with Crippen LogP contribution in [0, 0.1) is 5.92 Å². The molecule has 0 bridgehead atoms. The number of hydrogen-bond donors (Lipinski definition) is 0. The highest BCUT2D eigenvalue weighted by atomic mass is 19.1. The first-order valence-electron chi connectivity index (χ1n) is 7.63. The van der Waals surface area contributed by atoms with Crippen molar-refractivity contribution in [3.63, 3.8) is 0 Å². The van der Waals surface area contributed by atoms with E-state index in [-0.39, 0.29) is 0 Å². The van der Waals surface area contributed by atoms with E-state index in [0.717, 1.165) is 17.9 Å². The minimum Gasteiger partial charge on any atom is -0.493 e. The van der Waals surface area contributed by atoms with Crippen molar-refractivity contribution < 1.29 is 9.13 Å². The van der Waals surface area contributed by atoms with Gasteiger partial charge in [-0.3, -0.25) is 0 Å². The molecule has 1 aliphatic carbocycles. The second kappa shape index (κ2) is 7.52. The molecule has 1 aliphatic rings. The fourth-order valence-electron chi connectivity index (χ4n) is 2.73. The predicted molar refractivity (Wildman–Crippen MR) is 77.4 cm³/mol. The smallest absolute Gasteiger partial charge is 0.119 e. The van der Waals surface area contributed by atoms with Crippen LogP contribution in [0.1, 0.15) is 51.0 Å². The summed E-state index contributed by atoms with van der Waals surface area (Å²) in [6.45, 7) is 2.70. The number of ether oxygens (including phenoxy) is 1. The van der Waals surface area contributed by atoms with Crippen molar-refractivity contribution in [1.82, 2.24) is 0 Å². The SMILES string of the molecule is CCC(F)Cc1cccc(OCC2CCCCC2)c1. The first-order chi connectivity index (χ1) is 9.28. The Labute approximate surface area is 116 Å². The molecule has 19 heavy (non-hydrogen) atoms. The summed E-state index contributed by atoms with van der Waals surface area (Å²) in [5.41, 5.74) is 1.04. The zero-order valence-corrected chi connectivity index (χ0v) is 11.9. The van der Waals surface area contributed by atoms with Crippen molar-refractivity contribution in [2.75, 3.05) is 6.61 Å². The number of rotatable bonds is 6. The molecule has 1 nitrogen and oxygen atoms in total. The van der Waals surface area contributed by atoms with Crippen molar-refractivity contribution >= 4 is 0 Å². The van der Waals surface area contributed by atoms with Crippen molar-refractivity contribution in [2.45, 2.75) is 58.0 Å². The molecule has 1 atom stereocenters. The largest absolute Gasteiger partial charge is 0.493 e. The number of hydrogen-bond acceptors (Lipinski definition) is 1. The zero-order chi connectivity index (χ0) is 13.5. The van der Waals surface area contributed by atoms with Gasteiger partial charge in [0.2, 0.25) is 0 Å². The molecule has 1 aromatic rings. The van der Waals surface area contributed by atoms with E-state index in [1.165, 1.54) is 32.1 Å². The molecule has 1 saturated carbocycles. The van der Waals surface area contributed by atoms with E-state index in [1.807, 2.05) is 31.2 Å². The van der Waals surface area contributed by atoms with Gasteiger partial charge in [0.1, 0.15) is 11.9 Å². The van der Waals surface area contributed by atoms with Gasteiger partial charge in [-0.05, 0) is 42.9 Å². The van der Waals surface area contributed by atoms with Gasteiger partial charge in [-0.1, -0.05) is 38.3 Å². The summed E-state index contributed by atoms with van der Waals surface area (Å²) in [6, 6.07) is 7.92. The summed E-state index contributed by atoms with van der Waals surface area (Å²) in [5.74, 6) is 1.60. The lowest BCUT2D eigenvalue weighted by Gasteiger charge is -2.21. The minimum atomic E-state index is -0.742. The Morgan fingerprint density at radius 3 is 2.79 bits per heavy atom. The van der Waals surface area contributed by atoms with Crippen LogP contribution in [0.25, 0.3) is 0 Å². The number of halogens is 1. The fourth-order valence-corrected chi connectivity index (χ4v) is 2.73. The third-order valence-electron chi connectivity index (χ3n) is 4.01. The summed E-state index contributed by atoms with van der Waals surface area (Å²) >= 11 is 0. The molecule has 1 aromatic carbocycles. The van der Waals surface area contributed by atoms with Crippen molar-refractivity contribution in [3.05, 3.63) is 29.8 Å². The van der Waals surface area contributed by atoms with Crippen LogP contribution in [0.5, 0.6) is 5.75 Å². The van der Waals surface area contributed by atoms with Crippen molar-refractivity contribution in [3.8, 4) is 5.75 Å². The topological polar surface area (TPSA) is 9.23 Å². The molecular formula is C17H25FO. The van der Waals surface area contributed by atoms with Gasteiger partial charge in [-0.2, -0.15) is 0 Å². The van der Waals surface area contributed by atoms with Crippen LogP contribution in [-0.4, -0.2) is 12.8 Å². The van der Waals surface area contributed by atoms with Crippen molar-refractivity contribution in [2.24, 2.45) is 5.92 Å². The summed E-state index contributed by atoms with van der Waals surface area (Å²) in [7, 11) is 0. The van der Waals surface area contributed by atoms with Crippen LogP contribution in [0.15, 0.2) is 24.3 Å². The lowest BCUT2D eigenvalue weighted by Crippen LogP contribution is -2.15. The Balaban J connectivity index is 1.84. The molecule has 0 amide bonds. The molecule has 2 heteroatoms. The molecule has 0 N–H and O–H groups in total. The summed E-state index contributed by atoms with van der Waals surface area (Å²) in [5, 5.41) is 0. The summed E-state index contributed by atoms with van der Waals surface area (Å²) < 4.78 is 19.3. The summed E-state index contributed by atoms with van der Waals surface area (Å²) in [6.07, 6.45) is 6.98. The maximum Gasteiger partial charge on any atom is 0.119 e. The van der Waals surface area contributed by atoms with E-state index in [2.05, 4.69) is 0 Å². The highest BCUT2D eigenvalue weighted by Crippen LogP contribution is 2.25. The lowest BCUT2D eigenvalue weighted by molar-refractivity contribution is 0.208. The van der Waals surface area contributed by atoms with Gasteiger partial charge in [0.25, 0.3) is 0 Å². The van der Waals surface area contributed by atoms with Gasteiger partial charge in [-0.25, -0.2) is 4.39 Å². The van der Waals surface area contributed by atoms with Crippen LogP contribution >= 0.6 is 0 Å². The average Bonchev–Trinajstić information content (AvgIpc) is 2.46. The number of alkyl halides is 1. The Morgan fingerprint density at radius 2 is 2.05 bits per heavy atom. The highest BCUT2D eigenvalue weighted by molar-refractivity contribution is 5.29. The molecule has 1 fully saturated rings. The molecule has 0 spiro atoms. The van der Waals surface area contributed by atoms with Gasteiger partial charge in [0.05, 0.1) is 6.61 Å². The van der Waals surface area contributed by atoms with Gasteiger partial charge in [0, 0.05) is 6.42 Å². The first-order valence-corrected chi connectivity index (χ1v) is 7.63. The second-order valence-electron chi connectivity index (χ2n) is 5.67. The Bertz CT molecular complexity index is 371. The second-order valence-corrected chi connectivity index (χ2v) is 5.67. The maximum atomic E-state index is 13.4. The predicted octanol–water partition coefficient (Wildman–Crippen LogP) is 4.94. The number of benzene rings is 1. The maximum absolute atomic E-state index is 13.4. The molecule has 0 radical (unpaired) electrons. The van der Waals surface area contributed by atoms with E-state index in [1.54, 1.807) is 0 Å². The average molecular weight is 264 g/mol. The standard InChI is InChI=1S/C17H25FO/c1-2-16(18)11-15-9-6-10-17(12-15)19-13-14-7-4-3-5-8-14/h6,9-10,12,14,16H,2-5,7-8,11,13H2,1H3. The molecule has 0 heterocycles. The van der Waals surface area contributed by atoms with E-state index < -0.39 is 6.17 Å². The highest BCUT2D eigenvalue weighted by Gasteiger charge is 2.14. The molecular weight excluding hydrogens is 239 g/mol. The molecule has 1 unspecified atom stereocenters. The molecule has 0 aromatic heterocycles. The van der Waals surface area contributed by atoms with Crippen LogP contribution in [-0.2, 0) is 6.42 Å². The molecule has 2 rings (SSSR count). The molecule has 106 valence electrons. The van der Waals surface area contributed by atoms with E-state index >= 15 is 0 Å². The summed E-state index contributed by atoms with van der Waals surface area (Å²) in [4.78, 5) is 0. The molecule has 0 aliphatic heterocycles. The van der Waals surface area contributed by atoms with Gasteiger partial charge >= 0.3 is 0 Å². The van der Waals surface area contributed by atoms with Gasteiger partial charge in [0.15, 0.2) is 0 Å². The van der Waals surface area contributed by atoms with Crippen LogP contribution in [0.4, 0.5) is 4.39 Å². The molecule has 0 saturated heterocycles. The Kier molecular flexibility index (Phi) is 5.68. The zero-order valence-electron chi connectivity index (χ0n) is 11.9. The fraction of sp³-hybridized carbons (Fsp3) is 0.647. The van der Waals surface area contributed by atoms with Crippen LogP contribution < -0.4 is 4.74 Å². The Hall–Kier alpha value is -1.05. The van der Waals surface area contributed by atoms with E-state index in [0.29, 0.717) is 18.8 Å². The van der Waals surface area contributed by atoms with E-state index in [4.69, 9.17) is 4.74 Å².